The summed E-state index contributed by atoms with van der Waals surface area (Å²) < 4.78 is 2.35. The first-order chi connectivity index (χ1) is 18.0. The lowest BCUT2D eigenvalue weighted by Gasteiger charge is -2.25. The lowest BCUT2D eigenvalue weighted by Crippen LogP contribution is -2.26. The summed E-state index contributed by atoms with van der Waals surface area (Å²) in [6, 6.07) is 43.1. The van der Waals surface area contributed by atoms with E-state index in [9.17, 15) is 0 Å². The van der Waals surface area contributed by atoms with E-state index >= 15 is 0 Å². The van der Waals surface area contributed by atoms with Crippen LogP contribution in [0.15, 0.2) is 127 Å². The second-order valence-electron chi connectivity index (χ2n) is 10.2. The van der Waals surface area contributed by atoms with Gasteiger partial charge in [-0.15, -0.1) is 24.0 Å². The molecule has 2 nitrogen and oxygen atoms in total. The Balaban J connectivity index is 0.00000294. The van der Waals surface area contributed by atoms with Gasteiger partial charge in [-0.1, -0.05) is 72.8 Å². The summed E-state index contributed by atoms with van der Waals surface area (Å²) in [6.45, 7) is 4.67. The SMILES string of the molecule is C[N+]1=C(/C=C/c2ccc(N(c3ccccc3)c3ccccc3)cc2)C(C)(C)c2c1ccc1ccccc21.I. The van der Waals surface area contributed by atoms with Crippen LogP contribution in [0.5, 0.6) is 0 Å². The molecule has 0 spiro atoms. The van der Waals surface area contributed by atoms with Gasteiger partial charge in [0, 0.05) is 34.8 Å². The number of nitrogens with zero attached hydrogens (tertiary/aromatic N) is 2. The molecule has 0 radical (unpaired) electrons. The van der Waals surface area contributed by atoms with Crippen LogP contribution in [0, 0.1) is 0 Å². The van der Waals surface area contributed by atoms with Crippen LogP contribution in [0.25, 0.3) is 16.8 Å². The molecule has 5 aromatic carbocycles. The summed E-state index contributed by atoms with van der Waals surface area (Å²) in [5, 5.41) is 2.64. The van der Waals surface area contributed by atoms with E-state index in [0.717, 1.165) is 17.1 Å². The average Bonchev–Trinajstić information content (AvgIpc) is 3.14. The van der Waals surface area contributed by atoms with Crippen molar-refractivity contribution in [3.05, 3.63) is 139 Å². The Morgan fingerprint density at radius 3 is 1.79 bits per heavy atom. The van der Waals surface area contributed by atoms with Gasteiger partial charge in [0.1, 0.15) is 7.05 Å². The Labute approximate surface area is 242 Å². The first kappa shape index (κ1) is 25.9. The molecule has 3 heteroatoms. The van der Waals surface area contributed by atoms with E-state index < -0.39 is 0 Å². The van der Waals surface area contributed by atoms with Crippen molar-refractivity contribution in [1.29, 1.82) is 0 Å². The standard InChI is InChI=1S/C35H31N2.HI/c1-35(2)33(36(3)32-24-21-27-12-10-11-17-31(27)34(32)35)25-20-26-18-22-30(23-19-26)37(28-13-6-4-7-14-28)29-15-8-5-9-16-29;/h4-25H,1-3H3;1H/q+1;. The molecule has 0 unspecified atom stereocenters. The van der Waals surface area contributed by atoms with Crippen LogP contribution in [0.4, 0.5) is 22.7 Å². The Bertz CT molecular complexity index is 1590. The largest absolute Gasteiger partial charge is 0.311 e. The Morgan fingerprint density at radius 2 is 1.16 bits per heavy atom. The highest BCUT2D eigenvalue weighted by Gasteiger charge is 2.44. The van der Waals surface area contributed by atoms with Crippen molar-refractivity contribution in [3.8, 4) is 0 Å². The van der Waals surface area contributed by atoms with Gasteiger partial charge in [0.15, 0.2) is 5.71 Å². The van der Waals surface area contributed by atoms with Gasteiger partial charge in [-0.2, -0.15) is 4.58 Å². The first-order valence-corrected chi connectivity index (χ1v) is 12.9. The van der Waals surface area contributed by atoms with Crippen LogP contribution in [0.1, 0.15) is 25.0 Å². The molecule has 1 aliphatic heterocycles. The van der Waals surface area contributed by atoms with Crippen LogP contribution >= 0.6 is 24.0 Å². The van der Waals surface area contributed by atoms with E-state index in [1.165, 1.54) is 33.3 Å². The van der Waals surface area contributed by atoms with Crippen LogP contribution in [-0.4, -0.2) is 17.3 Å². The van der Waals surface area contributed by atoms with Crippen molar-refractivity contribution in [3.63, 3.8) is 0 Å². The third kappa shape index (κ3) is 4.56. The minimum atomic E-state index is -0.0845. The van der Waals surface area contributed by atoms with E-state index in [1.54, 1.807) is 0 Å². The third-order valence-electron chi connectivity index (χ3n) is 7.51. The monoisotopic (exact) mass is 607 g/mol. The van der Waals surface area contributed by atoms with Gasteiger partial charge in [0.2, 0.25) is 5.69 Å². The number of allylic oxidation sites excluding steroid dienone is 1. The van der Waals surface area contributed by atoms with Crippen molar-refractivity contribution in [2.24, 2.45) is 0 Å². The van der Waals surface area contributed by atoms with Gasteiger partial charge in [-0.25, -0.2) is 0 Å². The fourth-order valence-electron chi connectivity index (χ4n) is 5.70. The van der Waals surface area contributed by atoms with E-state index in [1.807, 2.05) is 0 Å². The van der Waals surface area contributed by atoms with E-state index in [-0.39, 0.29) is 29.4 Å². The molecule has 0 amide bonds. The summed E-state index contributed by atoms with van der Waals surface area (Å²) in [7, 11) is 2.18. The fourth-order valence-corrected chi connectivity index (χ4v) is 5.70. The predicted molar refractivity (Wildman–Crippen MR) is 173 cm³/mol. The second-order valence-corrected chi connectivity index (χ2v) is 10.2. The van der Waals surface area contributed by atoms with Crippen LogP contribution in [-0.2, 0) is 5.41 Å². The minimum Gasteiger partial charge on any atom is -0.311 e. The summed E-state index contributed by atoms with van der Waals surface area (Å²) in [6.07, 6.45) is 4.52. The molecular formula is C35H32IN2+. The molecule has 0 bridgehead atoms. The van der Waals surface area contributed by atoms with E-state index in [0.29, 0.717) is 0 Å². The number of rotatable bonds is 5. The van der Waals surface area contributed by atoms with Crippen LogP contribution < -0.4 is 4.90 Å². The molecule has 0 saturated carbocycles. The molecular weight excluding hydrogens is 575 g/mol. The number of para-hydroxylation sites is 2. The van der Waals surface area contributed by atoms with Gasteiger partial charge in [-0.3, -0.25) is 0 Å². The number of hydrogen-bond donors (Lipinski definition) is 0. The molecule has 5 aromatic rings. The lowest BCUT2D eigenvalue weighted by atomic mass is 9.79. The molecule has 0 saturated heterocycles. The number of halogens is 1. The molecule has 0 fully saturated rings. The first-order valence-electron chi connectivity index (χ1n) is 12.9. The Kier molecular flexibility index (Phi) is 7.22. The van der Waals surface area contributed by atoms with Crippen molar-refractivity contribution >= 4 is 69.3 Å². The maximum Gasteiger partial charge on any atom is 0.210 e. The van der Waals surface area contributed by atoms with E-state index in [4.69, 9.17) is 0 Å². The number of hydrogen-bond acceptors (Lipinski definition) is 1. The lowest BCUT2D eigenvalue weighted by molar-refractivity contribution is -0.401. The number of anilines is 3. The highest BCUT2D eigenvalue weighted by atomic mass is 127. The van der Waals surface area contributed by atoms with Gasteiger partial charge in [0.05, 0.1) is 5.41 Å². The maximum absolute atomic E-state index is 2.35. The predicted octanol–water partition coefficient (Wildman–Crippen LogP) is 9.65. The zero-order valence-corrected chi connectivity index (χ0v) is 24.3. The van der Waals surface area contributed by atoms with Crippen LogP contribution in [0.3, 0.4) is 0 Å². The molecule has 0 aliphatic carbocycles. The van der Waals surface area contributed by atoms with E-state index in [2.05, 4.69) is 164 Å². The van der Waals surface area contributed by atoms with Gasteiger partial charge >= 0.3 is 0 Å². The maximum atomic E-state index is 2.35. The second kappa shape index (κ2) is 10.6. The quantitative estimate of drug-likeness (QED) is 0.142. The van der Waals surface area contributed by atoms with Crippen molar-refractivity contribution in [2.45, 2.75) is 19.3 Å². The van der Waals surface area contributed by atoms with Gasteiger partial charge < -0.3 is 4.90 Å². The molecule has 0 N–H and O–H groups in total. The minimum absolute atomic E-state index is 0. The van der Waals surface area contributed by atoms with Crippen molar-refractivity contribution < 1.29 is 4.58 Å². The molecule has 38 heavy (non-hydrogen) atoms. The molecule has 1 heterocycles. The van der Waals surface area contributed by atoms with Crippen LogP contribution in [0.2, 0.25) is 0 Å². The smallest absolute Gasteiger partial charge is 0.210 e. The normalized spacial score (nSPS) is 14.0. The molecule has 6 rings (SSSR count). The average molecular weight is 608 g/mol. The molecule has 0 atom stereocenters. The van der Waals surface area contributed by atoms with Crippen molar-refractivity contribution in [1.82, 2.24) is 0 Å². The zero-order valence-electron chi connectivity index (χ0n) is 22.0. The molecule has 0 aromatic heterocycles. The number of benzene rings is 5. The zero-order chi connectivity index (χ0) is 25.4. The summed E-state index contributed by atoms with van der Waals surface area (Å²) >= 11 is 0. The summed E-state index contributed by atoms with van der Waals surface area (Å²) in [5.41, 5.74) is 8.53. The number of fused-ring (bicyclic) bond motifs is 3. The fraction of sp³-hybridized carbons (Fsp3) is 0.114. The highest BCUT2D eigenvalue weighted by Crippen LogP contribution is 2.43. The molecule has 1 aliphatic rings. The molecule has 188 valence electrons. The Hall–Kier alpha value is -3.70. The topological polar surface area (TPSA) is 6.25 Å². The van der Waals surface area contributed by atoms with Crippen molar-refractivity contribution in [2.75, 3.05) is 11.9 Å². The summed E-state index contributed by atoms with van der Waals surface area (Å²) in [5.74, 6) is 0. The van der Waals surface area contributed by atoms with Gasteiger partial charge in [-0.05, 0) is 78.7 Å². The summed E-state index contributed by atoms with van der Waals surface area (Å²) in [4.78, 5) is 2.29. The van der Waals surface area contributed by atoms with Gasteiger partial charge in [0.25, 0.3) is 0 Å². The third-order valence-corrected chi connectivity index (χ3v) is 7.51. The highest BCUT2D eigenvalue weighted by molar-refractivity contribution is 14.0. The Morgan fingerprint density at radius 1 is 0.605 bits per heavy atom.